The molecule has 0 aromatic carbocycles. The molecule has 4 nitrogen and oxygen atoms in total. The second-order valence-electron chi connectivity index (χ2n) is 2.82. The molecule has 0 amide bonds. The van der Waals surface area contributed by atoms with Crippen LogP contribution in [0.4, 0.5) is 0 Å². The summed E-state index contributed by atoms with van der Waals surface area (Å²) >= 11 is 0. The molecule has 4 heteroatoms. The summed E-state index contributed by atoms with van der Waals surface area (Å²) in [4.78, 5) is 10.5. The van der Waals surface area contributed by atoms with Gasteiger partial charge in [-0.1, -0.05) is 0 Å². The van der Waals surface area contributed by atoms with Crippen molar-refractivity contribution in [2.75, 3.05) is 0 Å². The van der Waals surface area contributed by atoms with Crippen LogP contribution in [-0.2, 0) is 17.6 Å². The highest BCUT2D eigenvalue weighted by atomic mass is 16.4. The summed E-state index contributed by atoms with van der Waals surface area (Å²) in [6.07, 6.45) is 2.93. The van der Waals surface area contributed by atoms with Crippen LogP contribution in [0.5, 0.6) is 0 Å². The first kappa shape index (κ1) is 6.39. The Morgan fingerprint density at radius 1 is 1.73 bits per heavy atom. The number of fused-ring (bicyclic) bond motifs is 1. The summed E-state index contributed by atoms with van der Waals surface area (Å²) in [7, 11) is 0. The van der Waals surface area contributed by atoms with E-state index in [1.807, 2.05) is 0 Å². The van der Waals surface area contributed by atoms with Crippen molar-refractivity contribution in [1.82, 2.24) is 10.2 Å². The molecule has 1 aromatic rings. The van der Waals surface area contributed by atoms with Crippen molar-refractivity contribution < 1.29 is 9.90 Å². The van der Waals surface area contributed by atoms with Crippen molar-refractivity contribution in [3.63, 3.8) is 0 Å². The highest BCUT2D eigenvalue weighted by Gasteiger charge is 2.28. The smallest absolute Gasteiger partial charge is 0.307 e. The van der Waals surface area contributed by atoms with Crippen LogP contribution in [0.2, 0.25) is 0 Å². The largest absolute Gasteiger partial charge is 0.481 e. The molecule has 1 aliphatic carbocycles. The molecule has 0 radical (unpaired) electrons. The van der Waals surface area contributed by atoms with Crippen molar-refractivity contribution in [2.24, 2.45) is 5.92 Å². The van der Waals surface area contributed by atoms with Crippen molar-refractivity contribution in [3.05, 3.63) is 17.5 Å². The van der Waals surface area contributed by atoms with Gasteiger partial charge in [0.15, 0.2) is 0 Å². The summed E-state index contributed by atoms with van der Waals surface area (Å²) in [5.74, 6) is -0.950. The van der Waals surface area contributed by atoms with E-state index in [0.717, 1.165) is 11.3 Å². The minimum atomic E-state index is -0.713. The van der Waals surface area contributed by atoms with Gasteiger partial charge in [-0.05, 0) is 12.0 Å². The summed E-state index contributed by atoms with van der Waals surface area (Å²) in [6.45, 7) is 0. The van der Waals surface area contributed by atoms with E-state index >= 15 is 0 Å². The number of hydrogen-bond donors (Lipinski definition) is 2. The average molecular weight is 152 g/mol. The molecule has 1 aliphatic rings. The first-order chi connectivity index (χ1) is 5.27. The van der Waals surface area contributed by atoms with Crippen molar-refractivity contribution >= 4 is 5.97 Å². The molecule has 1 atom stereocenters. The van der Waals surface area contributed by atoms with Crippen LogP contribution in [0, 0.1) is 5.92 Å². The Morgan fingerprint density at radius 2 is 2.55 bits per heavy atom. The zero-order chi connectivity index (χ0) is 7.84. The maximum Gasteiger partial charge on any atom is 0.307 e. The molecule has 1 heterocycles. The number of aromatic nitrogens is 2. The maximum atomic E-state index is 10.5. The normalized spacial score (nSPS) is 21.6. The first-order valence-corrected chi connectivity index (χ1v) is 3.51. The summed E-state index contributed by atoms with van der Waals surface area (Å²) in [6, 6.07) is 0. The lowest BCUT2D eigenvalue weighted by Crippen LogP contribution is -2.13. The van der Waals surface area contributed by atoms with Gasteiger partial charge in [0.25, 0.3) is 0 Å². The minimum Gasteiger partial charge on any atom is -0.481 e. The molecule has 0 saturated carbocycles. The number of nitrogens with one attached hydrogen (secondary N) is 1. The van der Waals surface area contributed by atoms with E-state index in [0.29, 0.717) is 12.8 Å². The van der Waals surface area contributed by atoms with Gasteiger partial charge in [-0.3, -0.25) is 9.89 Å². The third kappa shape index (κ3) is 0.906. The monoisotopic (exact) mass is 152 g/mol. The summed E-state index contributed by atoms with van der Waals surface area (Å²) < 4.78 is 0. The Bertz CT molecular complexity index is 272. The average Bonchev–Trinajstić information content (AvgIpc) is 2.40. The number of H-pyrrole nitrogens is 1. The number of rotatable bonds is 1. The molecular weight excluding hydrogens is 144 g/mol. The van der Waals surface area contributed by atoms with Gasteiger partial charge in [-0.15, -0.1) is 0 Å². The van der Waals surface area contributed by atoms with E-state index in [1.165, 1.54) is 0 Å². The van der Waals surface area contributed by atoms with Gasteiger partial charge in [0.2, 0.25) is 0 Å². The lowest BCUT2D eigenvalue weighted by molar-refractivity contribution is -0.141. The standard InChI is InChI=1S/C7H8N2O2/c10-7(11)4-1-5-3-8-9-6(5)2-4/h3-4H,1-2H2,(H,8,9)(H,10,11). The highest BCUT2D eigenvalue weighted by Crippen LogP contribution is 2.24. The molecule has 1 aromatic heterocycles. The number of nitrogens with zero attached hydrogens (tertiary/aromatic N) is 1. The van der Waals surface area contributed by atoms with Gasteiger partial charge >= 0.3 is 5.97 Å². The van der Waals surface area contributed by atoms with Crippen LogP contribution in [0.15, 0.2) is 6.20 Å². The zero-order valence-electron chi connectivity index (χ0n) is 5.87. The predicted molar refractivity (Wildman–Crippen MR) is 37.1 cm³/mol. The molecule has 2 N–H and O–H groups in total. The van der Waals surface area contributed by atoms with Crippen LogP contribution in [0.1, 0.15) is 11.3 Å². The minimum absolute atomic E-state index is 0.237. The fraction of sp³-hybridized carbons (Fsp3) is 0.429. The molecular formula is C7H8N2O2. The Balaban J connectivity index is 2.22. The molecule has 0 fully saturated rings. The highest BCUT2D eigenvalue weighted by molar-refractivity contribution is 5.71. The zero-order valence-corrected chi connectivity index (χ0v) is 5.87. The van der Waals surface area contributed by atoms with Gasteiger partial charge in [0, 0.05) is 12.1 Å². The number of hydrogen-bond acceptors (Lipinski definition) is 2. The molecule has 0 spiro atoms. The Hall–Kier alpha value is -1.32. The van der Waals surface area contributed by atoms with Crippen molar-refractivity contribution in [2.45, 2.75) is 12.8 Å². The van der Waals surface area contributed by atoms with Crippen LogP contribution in [0.25, 0.3) is 0 Å². The molecule has 11 heavy (non-hydrogen) atoms. The Kier molecular flexibility index (Phi) is 1.21. The number of aromatic amines is 1. The quantitative estimate of drug-likeness (QED) is 0.604. The summed E-state index contributed by atoms with van der Waals surface area (Å²) in [5.41, 5.74) is 2.04. The van der Waals surface area contributed by atoms with E-state index in [1.54, 1.807) is 6.20 Å². The number of carbonyl (C=O) groups is 1. The first-order valence-electron chi connectivity index (χ1n) is 3.51. The molecule has 0 bridgehead atoms. The van der Waals surface area contributed by atoms with E-state index in [2.05, 4.69) is 10.2 Å². The number of carboxylic acids is 1. The van der Waals surface area contributed by atoms with E-state index in [4.69, 9.17) is 5.11 Å². The molecule has 2 rings (SSSR count). The number of aliphatic carboxylic acids is 1. The van der Waals surface area contributed by atoms with Gasteiger partial charge in [0.05, 0.1) is 12.1 Å². The summed E-state index contributed by atoms with van der Waals surface area (Å²) in [5, 5.41) is 15.3. The van der Waals surface area contributed by atoms with Gasteiger partial charge < -0.3 is 5.11 Å². The number of carboxylic acid groups (broad SMARTS) is 1. The SMILES string of the molecule is O=C(O)C1Cc2cn[nH]c2C1. The van der Waals surface area contributed by atoms with Crippen LogP contribution >= 0.6 is 0 Å². The fourth-order valence-corrected chi connectivity index (χ4v) is 1.45. The van der Waals surface area contributed by atoms with Crippen LogP contribution < -0.4 is 0 Å². The second-order valence-corrected chi connectivity index (χ2v) is 2.82. The van der Waals surface area contributed by atoms with Crippen molar-refractivity contribution in [1.29, 1.82) is 0 Å². The molecule has 58 valence electrons. The van der Waals surface area contributed by atoms with Crippen LogP contribution in [-0.4, -0.2) is 21.3 Å². The fourth-order valence-electron chi connectivity index (χ4n) is 1.45. The molecule has 1 unspecified atom stereocenters. The van der Waals surface area contributed by atoms with Gasteiger partial charge in [-0.2, -0.15) is 5.10 Å². The second kappa shape index (κ2) is 2.08. The molecule has 0 saturated heterocycles. The molecule has 0 aliphatic heterocycles. The Morgan fingerprint density at radius 3 is 3.18 bits per heavy atom. The van der Waals surface area contributed by atoms with Crippen LogP contribution in [0.3, 0.4) is 0 Å². The third-order valence-electron chi connectivity index (χ3n) is 2.07. The van der Waals surface area contributed by atoms with E-state index in [-0.39, 0.29) is 5.92 Å². The lowest BCUT2D eigenvalue weighted by Gasteiger charge is -1.98. The van der Waals surface area contributed by atoms with E-state index in [9.17, 15) is 4.79 Å². The van der Waals surface area contributed by atoms with E-state index < -0.39 is 5.97 Å². The maximum absolute atomic E-state index is 10.5. The van der Waals surface area contributed by atoms with Gasteiger partial charge in [0.1, 0.15) is 0 Å². The van der Waals surface area contributed by atoms with Crippen molar-refractivity contribution in [3.8, 4) is 0 Å². The Labute approximate surface area is 63.2 Å². The predicted octanol–water partition coefficient (Wildman–Crippen LogP) is 0.209. The third-order valence-corrected chi connectivity index (χ3v) is 2.07. The topological polar surface area (TPSA) is 66.0 Å². The van der Waals surface area contributed by atoms with Gasteiger partial charge in [-0.25, -0.2) is 0 Å². The lowest BCUT2D eigenvalue weighted by atomic mass is 10.1.